The van der Waals surface area contributed by atoms with Crippen molar-refractivity contribution in [2.75, 3.05) is 17.7 Å². The summed E-state index contributed by atoms with van der Waals surface area (Å²) in [5, 5.41) is 1.03. The first-order valence-corrected chi connectivity index (χ1v) is 10.8. The summed E-state index contributed by atoms with van der Waals surface area (Å²) < 4.78 is 28.8. The molecule has 3 rings (SSSR count). The van der Waals surface area contributed by atoms with Gasteiger partial charge in [-0.1, -0.05) is 6.92 Å². The van der Waals surface area contributed by atoms with Crippen molar-refractivity contribution in [3.8, 4) is 0 Å². The number of hydrogen-bond acceptors (Lipinski definition) is 5. The minimum atomic E-state index is -3.15. The lowest BCUT2D eigenvalue weighted by atomic mass is 9.86. The van der Waals surface area contributed by atoms with E-state index < -0.39 is 10.0 Å². The number of hydrogen-bond donors (Lipinski definition) is 1. The van der Waals surface area contributed by atoms with Gasteiger partial charge in [0.2, 0.25) is 10.0 Å². The first-order valence-electron chi connectivity index (χ1n) is 9.17. The summed E-state index contributed by atoms with van der Waals surface area (Å²) in [6.45, 7) is 8.32. The van der Waals surface area contributed by atoms with Gasteiger partial charge in [0, 0.05) is 30.9 Å². The molecule has 1 aliphatic rings. The van der Waals surface area contributed by atoms with Crippen LogP contribution >= 0.6 is 0 Å². The molecule has 0 radical (unpaired) electrons. The highest BCUT2D eigenvalue weighted by atomic mass is 32.2. The van der Waals surface area contributed by atoms with Crippen LogP contribution in [0, 0.1) is 0 Å². The molecule has 0 amide bonds. The standard InChI is InChI=1S/C18H29N5O2S/c1-6-9-26(24,25)21-13-10-14(11-13)22(5)16-15-7-8-23(18(2,3)4)17(15)20-12-19-16/h7-8,12-14,21H,6,9-11H2,1-5H3/t13-,14+. The van der Waals surface area contributed by atoms with Crippen LogP contribution in [0.5, 0.6) is 0 Å². The Morgan fingerprint density at radius 1 is 1.31 bits per heavy atom. The van der Waals surface area contributed by atoms with Crippen LogP contribution in [-0.4, -0.2) is 47.8 Å². The summed E-state index contributed by atoms with van der Waals surface area (Å²) >= 11 is 0. The fourth-order valence-corrected chi connectivity index (χ4v) is 4.87. The van der Waals surface area contributed by atoms with Gasteiger partial charge in [0.1, 0.15) is 17.8 Å². The van der Waals surface area contributed by atoms with Crippen molar-refractivity contribution in [3.63, 3.8) is 0 Å². The van der Waals surface area contributed by atoms with Crippen LogP contribution in [0.1, 0.15) is 47.0 Å². The molecule has 1 saturated carbocycles. The third-order valence-electron chi connectivity index (χ3n) is 5.00. The number of aromatic nitrogens is 3. The van der Waals surface area contributed by atoms with E-state index in [-0.39, 0.29) is 23.4 Å². The summed E-state index contributed by atoms with van der Waals surface area (Å²) in [4.78, 5) is 11.1. The molecule has 8 heteroatoms. The number of nitrogens with zero attached hydrogens (tertiary/aromatic N) is 4. The van der Waals surface area contributed by atoms with Gasteiger partial charge in [0.25, 0.3) is 0 Å². The SMILES string of the molecule is CCCS(=O)(=O)N[C@H]1C[C@@H](N(C)c2ncnc3c2ccn3C(C)(C)C)C1. The van der Waals surface area contributed by atoms with Crippen LogP contribution in [0.15, 0.2) is 18.6 Å². The maximum Gasteiger partial charge on any atom is 0.211 e. The molecule has 1 N–H and O–H groups in total. The molecular formula is C18H29N5O2S. The lowest BCUT2D eigenvalue weighted by Crippen LogP contribution is -2.53. The highest BCUT2D eigenvalue weighted by molar-refractivity contribution is 7.89. The van der Waals surface area contributed by atoms with Crippen molar-refractivity contribution in [3.05, 3.63) is 18.6 Å². The Balaban J connectivity index is 1.74. The summed E-state index contributed by atoms with van der Waals surface area (Å²) in [6, 6.07) is 2.36. The Kier molecular flexibility index (Phi) is 5.00. The second-order valence-corrected chi connectivity index (χ2v) is 10.0. The normalized spacial score (nSPS) is 21.0. The molecule has 7 nitrogen and oxygen atoms in total. The molecule has 0 unspecified atom stereocenters. The minimum Gasteiger partial charge on any atom is -0.356 e. The minimum absolute atomic E-state index is 0.0236. The van der Waals surface area contributed by atoms with E-state index in [1.54, 1.807) is 6.33 Å². The number of rotatable bonds is 6. The molecule has 0 bridgehead atoms. The van der Waals surface area contributed by atoms with Gasteiger partial charge < -0.3 is 9.47 Å². The van der Waals surface area contributed by atoms with E-state index in [1.165, 1.54) is 0 Å². The van der Waals surface area contributed by atoms with Gasteiger partial charge in [-0.05, 0) is 46.1 Å². The fraction of sp³-hybridized carbons (Fsp3) is 0.667. The van der Waals surface area contributed by atoms with Crippen molar-refractivity contribution in [1.29, 1.82) is 0 Å². The van der Waals surface area contributed by atoms with Crippen molar-refractivity contribution >= 4 is 26.9 Å². The molecule has 1 fully saturated rings. The molecule has 26 heavy (non-hydrogen) atoms. The maximum atomic E-state index is 11.9. The predicted octanol–water partition coefficient (Wildman–Crippen LogP) is 2.48. The molecule has 2 aromatic rings. The molecule has 2 heterocycles. The van der Waals surface area contributed by atoms with Crippen LogP contribution in [0.2, 0.25) is 0 Å². The predicted molar refractivity (Wildman–Crippen MR) is 105 cm³/mol. The topological polar surface area (TPSA) is 80.1 Å². The van der Waals surface area contributed by atoms with Crippen LogP contribution in [0.3, 0.4) is 0 Å². The highest BCUT2D eigenvalue weighted by Crippen LogP contribution is 2.33. The Bertz CT molecular complexity index is 879. The van der Waals surface area contributed by atoms with Gasteiger partial charge in [-0.15, -0.1) is 0 Å². The van der Waals surface area contributed by atoms with E-state index in [4.69, 9.17) is 0 Å². The van der Waals surface area contributed by atoms with E-state index >= 15 is 0 Å². The third-order valence-corrected chi connectivity index (χ3v) is 6.64. The highest BCUT2D eigenvalue weighted by Gasteiger charge is 2.35. The third kappa shape index (κ3) is 3.71. The van der Waals surface area contributed by atoms with E-state index in [0.29, 0.717) is 6.42 Å². The Morgan fingerprint density at radius 3 is 2.62 bits per heavy atom. The summed E-state index contributed by atoms with van der Waals surface area (Å²) in [5.41, 5.74) is 0.874. The molecule has 2 aromatic heterocycles. The Labute approximate surface area is 155 Å². The zero-order valence-electron chi connectivity index (χ0n) is 16.2. The smallest absolute Gasteiger partial charge is 0.211 e. The number of anilines is 1. The van der Waals surface area contributed by atoms with Gasteiger partial charge in [-0.2, -0.15) is 0 Å². The number of sulfonamides is 1. The first kappa shape index (κ1) is 19.1. The van der Waals surface area contributed by atoms with Gasteiger partial charge in [-0.25, -0.2) is 23.1 Å². The zero-order chi connectivity index (χ0) is 19.1. The van der Waals surface area contributed by atoms with E-state index in [1.807, 2.05) is 14.0 Å². The van der Waals surface area contributed by atoms with Gasteiger partial charge in [0.05, 0.1) is 11.1 Å². The molecule has 0 spiro atoms. The average Bonchev–Trinajstić information content (AvgIpc) is 2.93. The molecule has 144 valence electrons. The Morgan fingerprint density at radius 2 is 2.00 bits per heavy atom. The molecule has 0 atom stereocenters. The lowest BCUT2D eigenvalue weighted by molar-refractivity contribution is 0.316. The first-order chi connectivity index (χ1) is 12.1. The summed E-state index contributed by atoms with van der Waals surface area (Å²) in [5.74, 6) is 1.09. The Hall–Kier alpha value is -1.67. The zero-order valence-corrected chi connectivity index (χ0v) is 17.0. The fourth-order valence-electron chi connectivity index (χ4n) is 3.52. The van der Waals surface area contributed by atoms with E-state index in [0.717, 1.165) is 29.7 Å². The molecule has 1 aliphatic carbocycles. The van der Waals surface area contributed by atoms with Crippen molar-refractivity contribution < 1.29 is 8.42 Å². The van der Waals surface area contributed by atoms with Crippen LogP contribution in [-0.2, 0) is 15.6 Å². The van der Waals surface area contributed by atoms with Crippen LogP contribution < -0.4 is 9.62 Å². The molecular weight excluding hydrogens is 350 g/mol. The second-order valence-electron chi connectivity index (χ2n) is 8.16. The lowest BCUT2D eigenvalue weighted by Gasteiger charge is -2.41. The monoisotopic (exact) mass is 379 g/mol. The summed E-state index contributed by atoms with van der Waals surface area (Å²) in [7, 11) is -1.13. The van der Waals surface area contributed by atoms with E-state index in [9.17, 15) is 8.42 Å². The molecule has 0 saturated heterocycles. The van der Waals surface area contributed by atoms with Crippen molar-refractivity contribution in [2.45, 2.75) is 64.6 Å². The maximum absolute atomic E-state index is 11.9. The summed E-state index contributed by atoms with van der Waals surface area (Å²) in [6.07, 6.45) is 5.89. The molecule has 0 aliphatic heterocycles. The number of fused-ring (bicyclic) bond motifs is 1. The largest absolute Gasteiger partial charge is 0.356 e. The number of nitrogens with one attached hydrogen (secondary N) is 1. The molecule has 0 aromatic carbocycles. The van der Waals surface area contributed by atoms with Crippen LogP contribution in [0.4, 0.5) is 5.82 Å². The van der Waals surface area contributed by atoms with Gasteiger partial charge in [0.15, 0.2) is 0 Å². The van der Waals surface area contributed by atoms with E-state index in [2.05, 4.69) is 57.2 Å². The second kappa shape index (κ2) is 6.81. The van der Waals surface area contributed by atoms with Gasteiger partial charge in [-0.3, -0.25) is 0 Å². The van der Waals surface area contributed by atoms with Crippen molar-refractivity contribution in [1.82, 2.24) is 19.3 Å². The van der Waals surface area contributed by atoms with Gasteiger partial charge >= 0.3 is 0 Å². The average molecular weight is 380 g/mol. The van der Waals surface area contributed by atoms with Crippen molar-refractivity contribution in [2.24, 2.45) is 0 Å². The quantitative estimate of drug-likeness (QED) is 0.834. The van der Waals surface area contributed by atoms with Crippen LogP contribution in [0.25, 0.3) is 11.0 Å².